The van der Waals surface area contributed by atoms with Gasteiger partial charge in [0, 0.05) is 6.61 Å². The standard InChI is InChI=1S/C8H17O4Si.3Na/c1-3-5-6-8(4-2)7-12-13(9,10)11;;;/h8H,3-7H2,1-2H3;;;/q-3;3*+1. The van der Waals surface area contributed by atoms with Crippen molar-refractivity contribution < 1.29 is 107 Å². The van der Waals surface area contributed by atoms with Crippen molar-refractivity contribution in [1.29, 1.82) is 0 Å². The Labute approximate surface area is 166 Å². The molecule has 0 radical (unpaired) electrons. The van der Waals surface area contributed by atoms with E-state index in [2.05, 4.69) is 11.3 Å². The van der Waals surface area contributed by atoms with Crippen LogP contribution in [0.25, 0.3) is 0 Å². The average molecular weight is 274 g/mol. The third-order valence-corrected chi connectivity index (χ3v) is 2.56. The molecule has 0 aromatic heterocycles. The van der Waals surface area contributed by atoms with E-state index in [1.165, 1.54) is 0 Å². The Morgan fingerprint density at radius 3 is 1.88 bits per heavy atom. The van der Waals surface area contributed by atoms with Gasteiger partial charge in [-0.1, -0.05) is 33.1 Å². The Hall–Kier alpha value is 3.06. The molecule has 0 amide bonds. The molecule has 0 aromatic carbocycles. The molecule has 0 aliphatic carbocycles. The van der Waals surface area contributed by atoms with Crippen molar-refractivity contribution in [2.45, 2.75) is 39.5 Å². The summed E-state index contributed by atoms with van der Waals surface area (Å²) in [5.41, 5.74) is 0. The number of unbranched alkanes of at least 4 members (excludes halogenated alkanes) is 1. The van der Waals surface area contributed by atoms with Gasteiger partial charge in [0.1, 0.15) is 0 Å². The summed E-state index contributed by atoms with van der Waals surface area (Å²) in [7, 11) is -5.03. The van der Waals surface area contributed by atoms with Gasteiger partial charge in [-0.25, -0.2) is 0 Å². The topological polar surface area (TPSA) is 78.4 Å². The average Bonchev–Trinajstić information content (AvgIpc) is 2.03. The van der Waals surface area contributed by atoms with E-state index in [1.54, 1.807) is 0 Å². The minimum Gasteiger partial charge on any atom is -0.861 e. The quantitative estimate of drug-likeness (QED) is 0.432. The first-order chi connectivity index (χ1) is 5.99. The van der Waals surface area contributed by atoms with Crippen molar-refractivity contribution >= 4 is 9.05 Å². The van der Waals surface area contributed by atoms with E-state index in [4.69, 9.17) is 0 Å². The fourth-order valence-electron chi connectivity index (χ4n) is 1.12. The van der Waals surface area contributed by atoms with E-state index in [1.807, 2.05) is 6.92 Å². The molecule has 0 rings (SSSR count). The van der Waals surface area contributed by atoms with Gasteiger partial charge in [-0.2, -0.15) is 0 Å². The molecule has 1 unspecified atom stereocenters. The summed E-state index contributed by atoms with van der Waals surface area (Å²) in [6.07, 6.45) is 3.90. The molecule has 0 aromatic rings. The zero-order valence-electron chi connectivity index (χ0n) is 11.2. The van der Waals surface area contributed by atoms with Crippen LogP contribution in [0, 0.1) is 5.92 Å². The first kappa shape index (κ1) is 27.4. The van der Waals surface area contributed by atoms with Gasteiger partial charge in [0.2, 0.25) is 0 Å². The van der Waals surface area contributed by atoms with Crippen LogP contribution in [0.15, 0.2) is 0 Å². The van der Waals surface area contributed by atoms with E-state index >= 15 is 0 Å². The number of rotatable bonds is 7. The predicted octanol–water partition coefficient (Wildman–Crippen LogP) is -10.3. The summed E-state index contributed by atoms with van der Waals surface area (Å²) in [6.45, 7) is 4.09. The van der Waals surface area contributed by atoms with Gasteiger partial charge in [0.05, 0.1) is 0 Å². The molecule has 8 heteroatoms. The number of hydrogen-bond acceptors (Lipinski definition) is 4. The Morgan fingerprint density at radius 1 is 1.06 bits per heavy atom. The van der Waals surface area contributed by atoms with Crippen LogP contribution in [0.2, 0.25) is 0 Å². The zero-order chi connectivity index (χ0) is 10.3. The fourth-order valence-corrected chi connectivity index (χ4v) is 1.56. The van der Waals surface area contributed by atoms with Gasteiger partial charge >= 0.3 is 88.7 Å². The first-order valence-corrected chi connectivity index (χ1v) is 6.38. The van der Waals surface area contributed by atoms with E-state index in [-0.39, 0.29) is 101 Å². The van der Waals surface area contributed by atoms with Crippen LogP contribution in [0.5, 0.6) is 0 Å². The molecular weight excluding hydrogens is 257 g/mol. The predicted molar refractivity (Wildman–Crippen MR) is 45.0 cm³/mol. The largest absolute Gasteiger partial charge is 1.00 e. The van der Waals surface area contributed by atoms with Crippen molar-refractivity contribution in [2.24, 2.45) is 5.92 Å². The Balaban J connectivity index is -0.000000240. The zero-order valence-corrected chi connectivity index (χ0v) is 18.2. The second-order valence-corrected chi connectivity index (χ2v) is 4.52. The normalized spacial score (nSPS) is 11.8. The molecule has 80 valence electrons. The molecule has 0 aliphatic rings. The third-order valence-electron chi connectivity index (χ3n) is 2.04. The van der Waals surface area contributed by atoms with Gasteiger partial charge in [-0.05, 0) is 12.3 Å². The van der Waals surface area contributed by atoms with Gasteiger partial charge in [-0.15, -0.1) is 9.05 Å². The molecular formula is C8H17Na3O4Si. The van der Waals surface area contributed by atoms with Crippen LogP contribution in [0.4, 0.5) is 0 Å². The second-order valence-electron chi connectivity index (χ2n) is 3.23. The van der Waals surface area contributed by atoms with Gasteiger partial charge < -0.3 is 18.8 Å². The maximum Gasteiger partial charge on any atom is 1.00 e. The fraction of sp³-hybridized carbons (Fsp3) is 1.00. The summed E-state index contributed by atoms with van der Waals surface area (Å²) < 4.78 is 4.25. The summed E-state index contributed by atoms with van der Waals surface area (Å²) in [6, 6.07) is 0. The van der Waals surface area contributed by atoms with Crippen LogP contribution in [0.1, 0.15) is 39.5 Å². The number of hydrogen-bond donors (Lipinski definition) is 0. The smallest absolute Gasteiger partial charge is 0.861 e. The molecule has 0 aliphatic heterocycles. The summed E-state index contributed by atoms with van der Waals surface area (Å²) in [5, 5.41) is 0. The van der Waals surface area contributed by atoms with E-state index < -0.39 is 9.05 Å². The molecule has 0 fully saturated rings. The van der Waals surface area contributed by atoms with Crippen LogP contribution >= 0.6 is 0 Å². The van der Waals surface area contributed by atoms with Crippen molar-refractivity contribution in [3.8, 4) is 0 Å². The monoisotopic (exact) mass is 274 g/mol. The Kier molecular flexibility index (Phi) is 27.6. The van der Waals surface area contributed by atoms with Gasteiger partial charge in [0.15, 0.2) is 0 Å². The molecule has 0 saturated carbocycles. The second kappa shape index (κ2) is 16.1. The van der Waals surface area contributed by atoms with E-state index in [9.17, 15) is 14.4 Å². The maximum atomic E-state index is 10.2. The first-order valence-electron chi connectivity index (χ1n) is 4.74. The van der Waals surface area contributed by atoms with Crippen molar-refractivity contribution in [1.82, 2.24) is 0 Å². The van der Waals surface area contributed by atoms with Crippen LogP contribution < -0.4 is 103 Å². The van der Waals surface area contributed by atoms with Crippen LogP contribution in [-0.4, -0.2) is 15.7 Å². The Bertz CT molecular complexity index is 135. The molecule has 1 atom stereocenters. The third kappa shape index (κ3) is 19.4. The van der Waals surface area contributed by atoms with E-state index in [0.29, 0.717) is 0 Å². The molecule has 0 heterocycles. The molecule has 0 N–H and O–H groups in total. The van der Waals surface area contributed by atoms with Crippen molar-refractivity contribution in [3.63, 3.8) is 0 Å². The summed E-state index contributed by atoms with van der Waals surface area (Å²) in [4.78, 5) is 30.6. The van der Waals surface area contributed by atoms with Crippen molar-refractivity contribution in [3.05, 3.63) is 0 Å². The summed E-state index contributed by atoms with van der Waals surface area (Å²) in [5.74, 6) is 0.198. The molecule has 4 nitrogen and oxygen atoms in total. The summed E-state index contributed by atoms with van der Waals surface area (Å²) >= 11 is 0. The molecule has 16 heavy (non-hydrogen) atoms. The van der Waals surface area contributed by atoms with Crippen LogP contribution in [-0.2, 0) is 4.43 Å². The minimum atomic E-state index is -5.03. The minimum absolute atomic E-state index is 0. The Morgan fingerprint density at radius 2 is 1.56 bits per heavy atom. The molecule has 0 spiro atoms. The van der Waals surface area contributed by atoms with E-state index in [0.717, 1.165) is 25.7 Å². The SMILES string of the molecule is CCCCC(CC)CO[Si]([O-])([O-])[O-].[Na+].[Na+].[Na+]. The van der Waals surface area contributed by atoms with Gasteiger partial charge in [0.25, 0.3) is 0 Å². The molecule has 0 saturated heterocycles. The van der Waals surface area contributed by atoms with Crippen LogP contribution in [0.3, 0.4) is 0 Å². The van der Waals surface area contributed by atoms with Crippen molar-refractivity contribution in [2.75, 3.05) is 6.61 Å². The van der Waals surface area contributed by atoms with Gasteiger partial charge in [-0.3, -0.25) is 0 Å². The maximum absolute atomic E-state index is 10.2. The molecule has 0 bridgehead atoms.